The van der Waals surface area contributed by atoms with Crippen LogP contribution in [0.3, 0.4) is 0 Å². The number of halogens is 1. The van der Waals surface area contributed by atoms with E-state index in [4.69, 9.17) is 21.1 Å². The SMILES string of the molecule is COc1cccc2c1OC[C@]1(C(=O)O)CN(C(=O)c3ccc(Cl)cc3)C[C@H]21. The van der Waals surface area contributed by atoms with Gasteiger partial charge >= 0.3 is 5.97 Å². The quantitative estimate of drug-likeness (QED) is 0.876. The van der Waals surface area contributed by atoms with Crippen LogP contribution in [0.2, 0.25) is 5.02 Å². The predicted molar refractivity (Wildman–Crippen MR) is 98.7 cm³/mol. The number of hydrogen-bond acceptors (Lipinski definition) is 4. The van der Waals surface area contributed by atoms with Crippen molar-refractivity contribution in [1.29, 1.82) is 0 Å². The molecule has 2 aliphatic heterocycles. The molecule has 1 amide bonds. The van der Waals surface area contributed by atoms with Gasteiger partial charge in [0.25, 0.3) is 5.91 Å². The lowest BCUT2D eigenvalue weighted by molar-refractivity contribution is -0.151. The molecule has 0 bridgehead atoms. The normalized spacial score (nSPS) is 23.2. The number of nitrogens with zero attached hydrogens (tertiary/aromatic N) is 1. The van der Waals surface area contributed by atoms with Gasteiger partial charge in [-0.25, -0.2) is 0 Å². The fraction of sp³-hybridized carbons (Fsp3) is 0.300. The van der Waals surface area contributed by atoms with Crippen LogP contribution in [0.15, 0.2) is 42.5 Å². The van der Waals surface area contributed by atoms with E-state index in [1.807, 2.05) is 12.1 Å². The summed E-state index contributed by atoms with van der Waals surface area (Å²) in [6.07, 6.45) is 0. The molecule has 27 heavy (non-hydrogen) atoms. The highest BCUT2D eigenvalue weighted by Crippen LogP contribution is 2.52. The van der Waals surface area contributed by atoms with E-state index in [0.29, 0.717) is 28.6 Å². The molecular formula is C20H18ClNO5. The number of aliphatic carboxylic acids is 1. The molecule has 0 saturated carbocycles. The summed E-state index contributed by atoms with van der Waals surface area (Å²) in [5.74, 6) is -0.430. The molecule has 0 spiro atoms. The molecule has 0 aliphatic carbocycles. The van der Waals surface area contributed by atoms with Crippen molar-refractivity contribution < 1.29 is 24.2 Å². The van der Waals surface area contributed by atoms with E-state index in [9.17, 15) is 14.7 Å². The molecule has 6 nitrogen and oxygen atoms in total. The Morgan fingerprint density at radius 3 is 2.67 bits per heavy atom. The summed E-state index contributed by atoms with van der Waals surface area (Å²) < 4.78 is 11.2. The molecule has 2 heterocycles. The van der Waals surface area contributed by atoms with Gasteiger partial charge in [-0.2, -0.15) is 0 Å². The minimum absolute atomic E-state index is 0.00916. The van der Waals surface area contributed by atoms with Crippen LogP contribution in [0.25, 0.3) is 0 Å². The van der Waals surface area contributed by atoms with Crippen LogP contribution in [0.1, 0.15) is 21.8 Å². The lowest BCUT2D eigenvalue weighted by atomic mass is 9.73. The fourth-order valence-electron chi connectivity index (χ4n) is 3.98. The van der Waals surface area contributed by atoms with Crippen LogP contribution in [0.4, 0.5) is 0 Å². The first-order valence-corrected chi connectivity index (χ1v) is 8.92. The maximum absolute atomic E-state index is 12.9. The summed E-state index contributed by atoms with van der Waals surface area (Å²) in [7, 11) is 1.54. The zero-order valence-electron chi connectivity index (χ0n) is 14.6. The van der Waals surface area contributed by atoms with Crippen LogP contribution in [-0.2, 0) is 4.79 Å². The summed E-state index contributed by atoms with van der Waals surface area (Å²) in [6, 6.07) is 12.0. The van der Waals surface area contributed by atoms with E-state index < -0.39 is 11.4 Å². The van der Waals surface area contributed by atoms with E-state index >= 15 is 0 Å². The molecule has 4 rings (SSSR count). The Balaban J connectivity index is 1.72. The Hall–Kier alpha value is -2.73. The van der Waals surface area contributed by atoms with Crippen LogP contribution in [0.5, 0.6) is 11.5 Å². The van der Waals surface area contributed by atoms with E-state index in [1.165, 1.54) is 0 Å². The van der Waals surface area contributed by atoms with E-state index in [0.717, 1.165) is 5.56 Å². The van der Waals surface area contributed by atoms with Gasteiger partial charge in [-0.3, -0.25) is 9.59 Å². The molecule has 7 heteroatoms. The van der Waals surface area contributed by atoms with Crippen molar-refractivity contribution in [3.05, 3.63) is 58.6 Å². The molecule has 2 aliphatic rings. The van der Waals surface area contributed by atoms with E-state index in [2.05, 4.69) is 0 Å². The summed E-state index contributed by atoms with van der Waals surface area (Å²) in [5, 5.41) is 10.5. The van der Waals surface area contributed by atoms with Crippen LogP contribution in [0, 0.1) is 5.41 Å². The van der Waals surface area contributed by atoms with Gasteiger partial charge in [-0.15, -0.1) is 0 Å². The second kappa shape index (κ2) is 6.46. The van der Waals surface area contributed by atoms with Crippen molar-refractivity contribution in [1.82, 2.24) is 4.90 Å². The van der Waals surface area contributed by atoms with E-state index in [-0.39, 0.29) is 25.0 Å². The molecule has 1 fully saturated rings. The Bertz CT molecular complexity index is 913. The zero-order chi connectivity index (χ0) is 19.2. The van der Waals surface area contributed by atoms with Gasteiger partial charge in [0.2, 0.25) is 0 Å². The van der Waals surface area contributed by atoms with Gasteiger partial charge in [-0.05, 0) is 30.3 Å². The number of methoxy groups -OCH3 is 1. The first-order chi connectivity index (χ1) is 13.0. The van der Waals surface area contributed by atoms with Gasteiger partial charge in [-0.1, -0.05) is 23.7 Å². The van der Waals surface area contributed by atoms with Crippen molar-refractivity contribution >= 4 is 23.5 Å². The monoisotopic (exact) mass is 387 g/mol. The molecule has 0 aromatic heterocycles. The third-order valence-corrected chi connectivity index (χ3v) is 5.68. The third-order valence-electron chi connectivity index (χ3n) is 5.43. The molecule has 0 unspecified atom stereocenters. The number of carbonyl (C=O) groups excluding carboxylic acids is 1. The standard InChI is InChI=1S/C20H18ClNO5/c1-26-16-4-2-3-14-15-9-22(18(23)12-5-7-13(21)8-6-12)10-20(15,19(24)25)11-27-17(14)16/h2-8,15H,9-11H2,1H3,(H,24,25)/t15-,20-/m1/s1. The zero-order valence-corrected chi connectivity index (χ0v) is 15.4. The first-order valence-electron chi connectivity index (χ1n) is 8.54. The van der Waals surface area contributed by atoms with Crippen LogP contribution >= 0.6 is 11.6 Å². The number of carbonyl (C=O) groups is 2. The van der Waals surface area contributed by atoms with Crippen LogP contribution in [-0.4, -0.2) is 48.7 Å². The van der Waals surface area contributed by atoms with Gasteiger partial charge in [0, 0.05) is 35.2 Å². The minimum atomic E-state index is -1.18. The Morgan fingerprint density at radius 2 is 2.00 bits per heavy atom. The van der Waals surface area contributed by atoms with Crippen molar-refractivity contribution in [2.75, 3.05) is 26.8 Å². The number of ether oxygens (including phenoxy) is 2. The number of carboxylic acid groups (broad SMARTS) is 1. The number of likely N-dealkylation sites (tertiary alicyclic amines) is 1. The molecule has 1 N–H and O–H groups in total. The smallest absolute Gasteiger partial charge is 0.315 e. The topological polar surface area (TPSA) is 76.1 Å². The maximum Gasteiger partial charge on any atom is 0.315 e. The highest BCUT2D eigenvalue weighted by atomic mass is 35.5. The molecular weight excluding hydrogens is 370 g/mol. The van der Waals surface area contributed by atoms with Crippen molar-refractivity contribution in [2.45, 2.75) is 5.92 Å². The summed E-state index contributed by atoms with van der Waals surface area (Å²) in [6.45, 7) is 0.382. The van der Waals surface area contributed by atoms with Crippen LogP contribution < -0.4 is 9.47 Å². The number of amides is 1. The highest BCUT2D eigenvalue weighted by molar-refractivity contribution is 6.30. The van der Waals surface area contributed by atoms with Gasteiger partial charge in [0.05, 0.1) is 7.11 Å². The van der Waals surface area contributed by atoms with E-state index in [1.54, 1.807) is 42.3 Å². The molecule has 2 aromatic rings. The first kappa shape index (κ1) is 17.7. The lowest BCUT2D eigenvalue weighted by Gasteiger charge is -2.36. The second-order valence-electron chi connectivity index (χ2n) is 6.87. The molecule has 2 atom stereocenters. The van der Waals surface area contributed by atoms with Crippen molar-refractivity contribution in [2.24, 2.45) is 5.41 Å². The van der Waals surface area contributed by atoms with Crippen molar-refractivity contribution in [3.63, 3.8) is 0 Å². The van der Waals surface area contributed by atoms with Gasteiger partial charge < -0.3 is 19.5 Å². The fourth-order valence-corrected chi connectivity index (χ4v) is 4.11. The highest BCUT2D eigenvalue weighted by Gasteiger charge is 2.58. The van der Waals surface area contributed by atoms with Gasteiger partial charge in [0.15, 0.2) is 11.5 Å². The summed E-state index contributed by atoms with van der Waals surface area (Å²) >= 11 is 5.89. The van der Waals surface area contributed by atoms with Gasteiger partial charge in [0.1, 0.15) is 12.0 Å². The second-order valence-corrected chi connectivity index (χ2v) is 7.31. The molecule has 140 valence electrons. The third kappa shape index (κ3) is 2.72. The molecule has 1 saturated heterocycles. The number of carboxylic acids is 1. The Labute approximate surface area is 161 Å². The molecule has 0 radical (unpaired) electrons. The number of fused-ring (bicyclic) bond motifs is 3. The minimum Gasteiger partial charge on any atom is -0.493 e. The predicted octanol–water partition coefficient (Wildman–Crippen LogP) is 3.05. The number of hydrogen-bond donors (Lipinski definition) is 1. The Kier molecular flexibility index (Phi) is 4.23. The summed E-state index contributed by atoms with van der Waals surface area (Å²) in [5.41, 5.74) is 0.0568. The van der Waals surface area contributed by atoms with Crippen molar-refractivity contribution in [3.8, 4) is 11.5 Å². The number of rotatable bonds is 3. The maximum atomic E-state index is 12.9. The average molecular weight is 388 g/mol. The Morgan fingerprint density at radius 1 is 1.26 bits per heavy atom. The number of benzene rings is 2. The summed E-state index contributed by atoms with van der Waals surface area (Å²) in [4.78, 5) is 26.7. The number of para-hydroxylation sites is 1. The molecule has 2 aromatic carbocycles. The lowest BCUT2D eigenvalue weighted by Crippen LogP contribution is -2.46. The average Bonchev–Trinajstić information content (AvgIpc) is 3.09. The largest absolute Gasteiger partial charge is 0.493 e.